The van der Waals surface area contributed by atoms with Gasteiger partial charge in [0.05, 0.1) is 47.5 Å². The van der Waals surface area contributed by atoms with Crippen LogP contribution in [0.4, 0.5) is 0 Å². The molecule has 9 heteroatoms. The Labute approximate surface area is 302 Å². The summed E-state index contributed by atoms with van der Waals surface area (Å²) in [6.07, 6.45) is 10.8. The first-order valence-corrected chi connectivity index (χ1v) is 19.4. The topological polar surface area (TPSA) is 154 Å². The minimum atomic E-state index is -0.781. The first-order valence-electron chi connectivity index (χ1n) is 19.4. The van der Waals surface area contributed by atoms with E-state index in [1.165, 1.54) is 6.08 Å². The van der Waals surface area contributed by atoms with Gasteiger partial charge in [0.25, 0.3) is 0 Å². The maximum atomic E-state index is 12.8. The van der Waals surface area contributed by atoms with Crippen LogP contribution in [-0.2, 0) is 19.1 Å². The van der Waals surface area contributed by atoms with Gasteiger partial charge in [0.2, 0.25) is 0 Å². The molecule has 0 amide bonds. The van der Waals surface area contributed by atoms with E-state index in [4.69, 9.17) is 14.6 Å². The van der Waals surface area contributed by atoms with E-state index >= 15 is 0 Å². The highest BCUT2D eigenvalue weighted by Crippen LogP contribution is 2.45. The Morgan fingerprint density at radius 3 is 2.06 bits per heavy atom. The summed E-state index contributed by atoms with van der Waals surface area (Å²) in [4.78, 5) is 23.7. The van der Waals surface area contributed by atoms with Crippen LogP contribution >= 0.6 is 0 Å². The minimum Gasteiger partial charge on any atom is -0.512 e. The summed E-state index contributed by atoms with van der Waals surface area (Å²) in [7, 11) is 0. The lowest BCUT2D eigenvalue weighted by Crippen LogP contribution is -2.44. The van der Waals surface area contributed by atoms with Crippen molar-refractivity contribution in [1.82, 2.24) is 0 Å². The smallest absolute Gasteiger partial charge is 0.303 e. The summed E-state index contributed by atoms with van der Waals surface area (Å²) in [6.45, 7) is 19.7. The summed E-state index contributed by atoms with van der Waals surface area (Å²) < 4.78 is 12.7. The van der Waals surface area contributed by atoms with Gasteiger partial charge in [0.15, 0.2) is 5.78 Å². The van der Waals surface area contributed by atoms with Crippen LogP contribution in [0.15, 0.2) is 24.0 Å². The molecule has 0 spiro atoms. The number of carboxylic acids is 1. The van der Waals surface area contributed by atoms with Gasteiger partial charge in [-0.05, 0) is 103 Å². The number of ketones is 1. The molecule has 0 aromatic carbocycles. The van der Waals surface area contributed by atoms with E-state index in [-0.39, 0.29) is 71.6 Å². The number of ether oxygens (including phenoxy) is 2. The fraction of sp³-hybridized carbons (Fsp3) is 0.854. The number of carbonyl (C=O) groups excluding carboxylic acids is 1. The van der Waals surface area contributed by atoms with E-state index in [9.17, 15) is 30.0 Å². The number of carbonyl (C=O) groups is 2. The molecule has 14 atom stereocenters. The third-order valence-corrected chi connectivity index (χ3v) is 11.9. The van der Waals surface area contributed by atoms with Crippen molar-refractivity contribution in [2.45, 2.75) is 182 Å². The summed E-state index contributed by atoms with van der Waals surface area (Å²) in [6, 6.07) is 0. The van der Waals surface area contributed by atoms with Gasteiger partial charge in [-0.3, -0.25) is 9.59 Å². The van der Waals surface area contributed by atoms with Crippen molar-refractivity contribution in [3.05, 3.63) is 24.0 Å². The normalized spacial score (nSPS) is 30.7. The number of aliphatic carboxylic acids is 1. The van der Waals surface area contributed by atoms with Gasteiger partial charge >= 0.3 is 5.97 Å². The summed E-state index contributed by atoms with van der Waals surface area (Å²) in [5.74, 6) is -0.810. The molecule has 2 rings (SSSR count). The van der Waals surface area contributed by atoms with E-state index in [0.29, 0.717) is 25.7 Å². The Morgan fingerprint density at radius 1 is 0.820 bits per heavy atom. The number of aliphatic hydroxyl groups is 4. The SMILES string of the molecule is CC(CCC(=O)O)CC(C)CC(C)C(=O)C=C(O)C(C)CC(C)CC=CC(C)C(O)C(C)C(O)CC1CC[C@@](C)(C2CC[C@@](C)(C(C)O)O2)O1. The summed E-state index contributed by atoms with van der Waals surface area (Å²) >= 11 is 0. The second kappa shape index (κ2) is 19.9. The maximum absolute atomic E-state index is 12.8. The van der Waals surface area contributed by atoms with Crippen molar-refractivity contribution >= 4 is 11.8 Å². The molecule has 0 radical (unpaired) electrons. The van der Waals surface area contributed by atoms with Crippen molar-refractivity contribution in [2.75, 3.05) is 0 Å². The van der Waals surface area contributed by atoms with E-state index in [1.807, 2.05) is 40.7 Å². The van der Waals surface area contributed by atoms with Crippen molar-refractivity contribution in [3.63, 3.8) is 0 Å². The first kappa shape index (κ1) is 44.4. The molecule has 2 aliphatic heterocycles. The van der Waals surface area contributed by atoms with E-state index in [2.05, 4.69) is 33.8 Å². The third-order valence-electron chi connectivity index (χ3n) is 11.9. The van der Waals surface area contributed by atoms with Gasteiger partial charge in [-0.1, -0.05) is 60.6 Å². The van der Waals surface area contributed by atoms with Crippen LogP contribution in [-0.4, -0.2) is 79.0 Å². The van der Waals surface area contributed by atoms with Crippen LogP contribution in [0.2, 0.25) is 0 Å². The Kier molecular flexibility index (Phi) is 17.7. The maximum Gasteiger partial charge on any atom is 0.303 e. The molecule has 0 aliphatic carbocycles. The molecule has 290 valence electrons. The molecule has 0 bridgehead atoms. The molecule has 12 unspecified atom stereocenters. The highest BCUT2D eigenvalue weighted by atomic mass is 16.6. The minimum absolute atomic E-state index is 0.0809. The number of carboxylic acid groups (broad SMARTS) is 1. The number of hydrogen-bond donors (Lipinski definition) is 5. The van der Waals surface area contributed by atoms with Crippen LogP contribution < -0.4 is 0 Å². The molecular weight excluding hydrogens is 636 g/mol. The lowest BCUT2D eigenvalue weighted by Gasteiger charge is -2.35. The standard InChI is InChI=1S/C41H72O9/c1-25(21-29(5)34(43)24-35(44)30(6)22-27(3)20-26(2)14-15-38(46)47)12-11-13-28(4)39(48)31(7)36(45)23-33-16-18-41(10,49-33)37-17-19-40(9,50-37)32(8)42/h11,13,24-33,36-37,39,42-43,45,48H,12,14-23H2,1-10H3,(H,46,47)/t25?,26?,27?,28?,29?,30?,31?,32?,33?,36?,37?,39?,40-,41-/m0/s1. The Hall–Kier alpha value is -1.78. The molecule has 2 aliphatic rings. The molecule has 0 aromatic rings. The van der Waals surface area contributed by atoms with Crippen LogP contribution in [0.3, 0.4) is 0 Å². The van der Waals surface area contributed by atoms with Crippen LogP contribution in [0.25, 0.3) is 0 Å². The largest absolute Gasteiger partial charge is 0.512 e. The molecular formula is C41H72O9. The molecule has 5 N–H and O–H groups in total. The van der Waals surface area contributed by atoms with Gasteiger partial charge in [-0.15, -0.1) is 0 Å². The van der Waals surface area contributed by atoms with Crippen molar-refractivity contribution in [1.29, 1.82) is 0 Å². The lowest BCUT2D eigenvalue weighted by molar-refractivity contribution is -0.172. The van der Waals surface area contributed by atoms with E-state index in [1.54, 1.807) is 6.92 Å². The Bertz CT molecular complexity index is 1120. The van der Waals surface area contributed by atoms with Crippen LogP contribution in [0.1, 0.15) is 140 Å². The zero-order valence-electron chi connectivity index (χ0n) is 32.8. The molecule has 2 saturated heterocycles. The molecule has 0 aromatic heterocycles. The van der Waals surface area contributed by atoms with Gasteiger partial charge in [-0.2, -0.15) is 0 Å². The summed E-state index contributed by atoms with van der Waals surface area (Å²) in [5, 5.41) is 51.9. The average Bonchev–Trinajstić information content (AvgIpc) is 3.63. The van der Waals surface area contributed by atoms with Gasteiger partial charge in [-0.25, -0.2) is 0 Å². The van der Waals surface area contributed by atoms with Crippen molar-refractivity contribution in [2.24, 2.45) is 41.4 Å². The fourth-order valence-corrected chi connectivity index (χ4v) is 8.02. The van der Waals surface area contributed by atoms with Gasteiger partial charge in [0, 0.05) is 36.2 Å². The molecule has 9 nitrogen and oxygen atoms in total. The predicted octanol–water partition coefficient (Wildman–Crippen LogP) is 7.80. The highest BCUT2D eigenvalue weighted by Gasteiger charge is 2.51. The number of rotatable bonds is 22. The predicted molar refractivity (Wildman–Crippen MR) is 198 cm³/mol. The Morgan fingerprint density at radius 2 is 1.46 bits per heavy atom. The quantitative estimate of drug-likeness (QED) is 0.0431. The third kappa shape index (κ3) is 13.6. The number of hydrogen-bond acceptors (Lipinski definition) is 8. The molecule has 0 saturated carbocycles. The number of allylic oxidation sites excluding steroid dienone is 3. The molecule has 2 heterocycles. The highest BCUT2D eigenvalue weighted by molar-refractivity contribution is 5.91. The number of aliphatic hydroxyl groups excluding tert-OH is 4. The zero-order chi connectivity index (χ0) is 38.0. The van der Waals surface area contributed by atoms with Crippen molar-refractivity contribution in [3.8, 4) is 0 Å². The average molecular weight is 709 g/mol. The van der Waals surface area contributed by atoms with Crippen LogP contribution in [0, 0.1) is 41.4 Å². The van der Waals surface area contributed by atoms with Gasteiger partial charge < -0.3 is 35.0 Å². The van der Waals surface area contributed by atoms with E-state index in [0.717, 1.165) is 38.5 Å². The van der Waals surface area contributed by atoms with Gasteiger partial charge in [0.1, 0.15) is 0 Å². The molecule has 50 heavy (non-hydrogen) atoms. The summed E-state index contributed by atoms with van der Waals surface area (Å²) in [5.41, 5.74) is -1.01. The Balaban J connectivity index is 1.77. The second-order valence-corrected chi connectivity index (χ2v) is 17.1. The van der Waals surface area contributed by atoms with Crippen LogP contribution in [0.5, 0.6) is 0 Å². The van der Waals surface area contributed by atoms with Crippen molar-refractivity contribution < 1.29 is 44.6 Å². The fourth-order valence-electron chi connectivity index (χ4n) is 8.02. The zero-order valence-corrected chi connectivity index (χ0v) is 32.8. The second-order valence-electron chi connectivity index (χ2n) is 17.1. The molecule has 2 fully saturated rings. The lowest BCUT2D eigenvalue weighted by atomic mass is 9.85. The monoisotopic (exact) mass is 709 g/mol. The first-order chi connectivity index (χ1) is 23.2. The van der Waals surface area contributed by atoms with E-state index < -0.39 is 35.5 Å².